The number of rotatable bonds is 6. The minimum Gasteiger partial charge on any atom is -0.511 e. The number of nitrogens with zero attached hydrogens (tertiary/aromatic N) is 1. The van der Waals surface area contributed by atoms with Crippen LogP contribution in [-0.2, 0) is 20.8 Å². The third-order valence-electron chi connectivity index (χ3n) is 9.30. The number of hydrogen-bond donors (Lipinski definition) is 6. The maximum absolute atomic E-state index is 15.4. The van der Waals surface area contributed by atoms with Gasteiger partial charge in [0.05, 0.1) is 17.8 Å². The predicted octanol–water partition coefficient (Wildman–Crippen LogP) is 2.03. The van der Waals surface area contributed by atoms with Gasteiger partial charge in [0, 0.05) is 29.0 Å². The van der Waals surface area contributed by atoms with Crippen molar-refractivity contribution in [1.29, 1.82) is 0 Å². The van der Waals surface area contributed by atoms with Gasteiger partial charge < -0.3 is 31.5 Å². The number of primary amides is 1. The first-order valence-electron chi connectivity index (χ1n) is 13.9. The topological polar surface area (TPSA) is 190 Å². The second-order valence-electron chi connectivity index (χ2n) is 11.6. The van der Waals surface area contributed by atoms with Crippen molar-refractivity contribution in [3.05, 3.63) is 45.7 Å². The maximum atomic E-state index is 15.4. The molecule has 0 bridgehead atoms. The second-order valence-corrected chi connectivity index (χ2v) is 11.6. The highest BCUT2D eigenvalue weighted by molar-refractivity contribution is 6.24. The molecule has 1 aliphatic heterocycles. The van der Waals surface area contributed by atoms with Gasteiger partial charge in [-0.05, 0) is 50.6 Å². The molecule has 0 saturated carbocycles. The molecule has 5 atom stereocenters. The van der Waals surface area contributed by atoms with Crippen LogP contribution in [0.25, 0.3) is 0 Å². The van der Waals surface area contributed by atoms with E-state index in [2.05, 4.69) is 5.32 Å². The number of phenols is 1. The number of halogens is 1. The van der Waals surface area contributed by atoms with E-state index in [1.54, 1.807) is 13.8 Å². The van der Waals surface area contributed by atoms with E-state index in [0.717, 1.165) is 32.0 Å². The Morgan fingerprint density at radius 2 is 1.88 bits per heavy atom. The Hall–Kier alpha value is -3.77. The number of aromatic hydroxyl groups is 1. The lowest BCUT2D eigenvalue weighted by molar-refractivity contribution is -0.149. The highest BCUT2D eigenvalue weighted by atomic mass is 19.1. The number of anilines is 1. The lowest BCUT2D eigenvalue weighted by Crippen LogP contribution is -2.60. The fourth-order valence-electron chi connectivity index (χ4n) is 7.09. The number of hydrogen-bond acceptors (Lipinski definition) is 9. The molecule has 1 aromatic carbocycles. The zero-order valence-corrected chi connectivity index (χ0v) is 22.9. The Kier molecular flexibility index (Phi) is 7.19. The summed E-state index contributed by atoms with van der Waals surface area (Å²) in [5.41, 5.74) is 0.448. The number of ketones is 2. The summed E-state index contributed by atoms with van der Waals surface area (Å²) in [5.74, 6) is -10.6. The van der Waals surface area contributed by atoms with Crippen LogP contribution in [0.15, 0.2) is 28.7 Å². The molecule has 0 radical (unpaired) electrons. The van der Waals surface area contributed by atoms with Gasteiger partial charge in [-0.25, -0.2) is 4.39 Å². The van der Waals surface area contributed by atoms with Crippen molar-refractivity contribution in [2.24, 2.45) is 29.4 Å². The van der Waals surface area contributed by atoms with Crippen LogP contribution in [0.5, 0.6) is 5.75 Å². The molecule has 2 amide bonds. The van der Waals surface area contributed by atoms with E-state index < -0.39 is 86.5 Å². The van der Waals surface area contributed by atoms with E-state index in [4.69, 9.17) is 5.73 Å². The van der Waals surface area contributed by atoms with Gasteiger partial charge in [-0.3, -0.25) is 24.1 Å². The monoisotopic (exact) mass is 571 g/mol. The molecule has 12 heteroatoms. The molecule has 4 aliphatic rings. The van der Waals surface area contributed by atoms with Crippen molar-refractivity contribution in [1.82, 2.24) is 4.90 Å². The van der Waals surface area contributed by atoms with Crippen molar-refractivity contribution in [3.8, 4) is 5.75 Å². The number of carbonyl (C=O) groups excluding carboxylic acids is 4. The van der Waals surface area contributed by atoms with Crippen molar-refractivity contribution in [2.75, 3.05) is 25.0 Å². The molecule has 1 aromatic rings. The van der Waals surface area contributed by atoms with Crippen molar-refractivity contribution >= 4 is 29.1 Å². The van der Waals surface area contributed by atoms with Crippen LogP contribution in [0.3, 0.4) is 0 Å². The first-order valence-corrected chi connectivity index (χ1v) is 13.9. The summed E-state index contributed by atoms with van der Waals surface area (Å²) in [4.78, 5) is 53.9. The van der Waals surface area contributed by atoms with E-state index in [-0.39, 0.29) is 36.6 Å². The zero-order valence-electron chi connectivity index (χ0n) is 22.9. The molecular weight excluding hydrogens is 537 g/mol. The van der Waals surface area contributed by atoms with Crippen LogP contribution in [0.1, 0.15) is 55.5 Å². The quantitative estimate of drug-likeness (QED) is 0.219. The summed E-state index contributed by atoms with van der Waals surface area (Å²) >= 11 is 0. The summed E-state index contributed by atoms with van der Waals surface area (Å²) in [6.07, 6.45) is 2.10. The molecule has 3 aliphatic carbocycles. The lowest BCUT2D eigenvalue weighted by atomic mass is 9.55. The summed E-state index contributed by atoms with van der Waals surface area (Å²) < 4.78 is 15.4. The van der Waals surface area contributed by atoms with E-state index in [0.29, 0.717) is 6.42 Å². The van der Waals surface area contributed by atoms with Gasteiger partial charge in [0.1, 0.15) is 22.9 Å². The third-order valence-corrected chi connectivity index (χ3v) is 9.30. The van der Waals surface area contributed by atoms with Crippen LogP contribution in [0.4, 0.5) is 10.1 Å². The van der Waals surface area contributed by atoms with Crippen molar-refractivity contribution in [3.63, 3.8) is 0 Å². The lowest BCUT2D eigenvalue weighted by Gasteiger charge is -2.50. The number of aliphatic hydroxyl groups is 3. The Bertz CT molecular complexity index is 1430. The van der Waals surface area contributed by atoms with E-state index in [1.807, 2.05) is 4.90 Å². The molecule has 1 heterocycles. The molecule has 1 unspecified atom stereocenters. The number of likely N-dealkylation sites (tertiary alicyclic amines) is 1. The first kappa shape index (κ1) is 28.7. The van der Waals surface area contributed by atoms with Gasteiger partial charge in [0.25, 0.3) is 5.91 Å². The van der Waals surface area contributed by atoms with Crippen LogP contribution < -0.4 is 11.1 Å². The average molecular weight is 572 g/mol. The van der Waals surface area contributed by atoms with Gasteiger partial charge in [-0.2, -0.15) is 0 Å². The Labute approximate surface area is 235 Å². The number of nitrogens with two attached hydrogens (primary N) is 1. The smallest absolute Gasteiger partial charge is 0.255 e. The molecule has 1 fully saturated rings. The minimum atomic E-state index is -2.75. The number of allylic oxidation sites excluding steroid dienone is 2. The fourth-order valence-corrected chi connectivity index (χ4v) is 7.09. The summed E-state index contributed by atoms with van der Waals surface area (Å²) in [5, 5.41) is 47.6. The number of aliphatic hydroxyl groups excluding tert-OH is 2. The van der Waals surface area contributed by atoms with Crippen LogP contribution in [0.2, 0.25) is 0 Å². The summed E-state index contributed by atoms with van der Waals surface area (Å²) in [6.45, 7) is 5.04. The van der Waals surface area contributed by atoms with Crippen molar-refractivity contribution < 1.29 is 44.0 Å². The van der Waals surface area contributed by atoms with Gasteiger partial charge in [-0.1, -0.05) is 20.3 Å². The molecule has 7 N–H and O–H groups in total. The van der Waals surface area contributed by atoms with Crippen molar-refractivity contribution in [2.45, 2.75) is 51.6 Å². The van der Waals surface area contributed by atoms with E-state index in [9.17, 15) is 39.6 Å². The van der Waals surface area contributed by atoms with Crippen LogP contribution >= 0.6 is 0 Å². The highest BCUT2D eigenvalue weighted by Crippen LogP contribution is 2.55. The van der Waals surface area contributed by atoms with E-state index >= 15 is 4.39 Å². The number of benzene rings is 1. The predicted molar refractivity (Wildman–Crippen MR) is 143 cm³/mol. The highest BCUT2D eigenvalue weighted by Gasteiger charge is 2.63. The van der Waals surface area contributed by atoms with Gasteiger partial charge in [0.15, 0.2) is 17.1 Å². The number of amides is 2. The third kappa shape index (κ3) is 4.31. The molecule has 41 heavy (non-hydrogen) atoms. The molecule has 11 nitrogen and oxygen atoms in total. The normalized spacial score (nSPS) is 28.7. The maximum Gasteiger partial charge on any atom is 0.255 e. The first-order chi connectivity index (χ1) is 19.3. The number of Topliss-reactive ketones (excluding diaryl/α,β-unsaturated/α-hetero) is 2. The Morgan fingerprint density at radius 1 is 1.22 bits per heavy atom. The average Bonchev–Trinajstić information content (AvgIpc) is 3.41. The van der Waals surface area contributed by atoms with Gasteiger partial charge >= 0.3 is 0 Å². The molecule has 5 rings (SSSR count). The molecular formula is C29H34FN3O8. The van der Waals surface area contributed by atoms with Crippen LogP contribution in [0, 0.1) is 29.5 Å². The number of fused-ring (bicyclic) bond motifs is 3. The van der Waals surface area contributed by atoms with Crippen LogP contribution in [-0.4, -0.2) is 73.9 Å². The molecule has 1 saturated heterocycles. The SMILES string of the molecule is CC[C@@H](C)C1C(O)=C(C(N)=O)C(=O)[C@@]2(O)C(O)=C3C(=O)c4c(O)c(NC(=O)CN5CCCC5)cc(F)c4C[C@H]3C[C@@H]12. The van der Waals surface area contributed by atoms with Gasteiger partial charge in [0.2, 0.25) is 11.7 Å². The number of carbonyl (C=O) groups is 4. The Balaban J connectivity index is 1.59. The second kappa shape index (κ2) is 10.3. The molecule has 0 aromatic heterocycles. The molecule has 0 spiro atoms. The Morgan fingerprint density at radius 3 is 2.49 bits per heavy atom. The number of nitrogens with one attached hydrogen (secondary N) is 1. The summed E-state index contributed by atoms with van der Waals surface area (Å²) in [7, 11) is 0. The summed E-state index contributed by atoms with van der Waals surface area (Å²) in [6, 6.07) is 0.941. The molecule has 220 valence electrons. The van der Waals surface area contributed by atoms with E-state index in [1.165, 1.54) is 0 Å². The largest absolute Gasteiger partial charge is 0.511 e. The van der Waals surface area contributed by atoms with Gasteiger partial charge in [-0.15, -0.1) is 0 Å². The minimum absolute atomic E-state index is 0.0244. The standard InChI is InChI=1S/C29H34FN3O8/c1-3-12(2)19-15-9-13-8-14-16(30)10-17(32-18(34)11-33-6-4-5-7-33)23(35)21(14)25(37)20(13)26(38)29(15,41)27(39)22(24(19)36)28(31)40/h10,12-13,15,19,35-36,38,41H,3-9,11H2,1-2H3,(H2,31,40)(H,32,34)/t12-,13+,15+,19?,29+/m1/s1. The fraction of sp³-hybridized carbons (Fsp3) is 0.517. The zero-order chi connectivity index (χ0) is 30.0. The number of phenolic OH excluding ortho intramolecular Hbond substituents is 1.